The van der Waals surface area contributed by atoms with Crippen LogP contribution in [0.15, 0.2) is 29.2 Å². The van der Waals surface area contributed by atoms with Crippen molar-refractivity contribution in [1.82, 2.24) is 0 Å². The lowest BCUT2D eigenvalue weighted by atomic mass is 10.00. The van der Waals surface area contributed by atoms with Crippen LogP contribution >= 0.6 is 0 Å². The van der Waals surface area contributed by atoms with Crippen molar-refractivity contribution in [2.24, 2.45) is 17.0 Å². The third-order valence-electron chi connectivity index (χ3n) is 4.35. The van der Waals surface area contributed by atoms with E-state index in [1.54, 1.807) is 12.1 Å². The lowest BCUT2D eigenvalue weighted by Crippen LogP contribution is -2.24. The monoisotopic (exact) mass is 282 g/mol. The Morgan fingerprint density at radius 3 is 2.42 bits per heavy atom. The Kier molecular flexibility index (Phi) is 3.03. The van der Waals surface area contributed by atoms with E-state index in [9.17, 15) is 13.5 Å². The SMILES string of the molecule is NS(=O)(=O)c1ccc(N2CC3CCC(O)C3C2)cc1. The number of hydrogen-bond donors (Lipinski definition) is 2. The van der Waals surface area contributed by atoms with Gasteiger partial charge in [0.2, 0.25) is 10.0 Å². The van der Waals surface area contributed by atoms with E-state index < -0.39 is 10.0 Å². The van der Waals surface area contributed by atoms with E-state index in [1.165, 1.54) is 12.1 Å². The number of fused-ring (bicyclic) bond motifs is 1. The molecule has 5 nitrogen and oxygen atoms in total. The molecule has 0 radical (unpaired) electrons. The molecule has 2 fully saturated rings. The fraction of sp³-hybridized carbons (Fsp3) is 0.538. The first-order valence-electron chi connectivity index (χ1n) is 6.51. The number of nitrogens with two attached hydrogens (primary N) is 1. The highest BCUT2D eigenvalue weighted by atomic mass is 32.2. The smallest absolute Gasteiger partial charge is 0.238 e. The van der Waals surface area contributed by atoms with Crippen LogP contribution in [-0.4, -0.2) is 32.7 Å². The van der Waals surface area contributed by atoms with Crippen LogP contribution in [0.25, 0.3) is 0 Å². The Morgan fingerprint density at radius 2 is 1.84 bits per heavy atom. The quantitative estimate of drug-likeness (QED) is 0.829. The highest BCUT2D eigenvalue weighted by Gasteiger charge is 2.41. The summed E-state index contributed by atoms with van der Waals surface area (Å²) in [4.78, 5) is 2.35. The van der Waals surface area contributed by atoms with Crippen LogP contribution in [0.3, 0.4) is 0 Å². The van der Waals surface area contributed by atoms with E-state index in [0.717, 1.165) is 31.6 Å². The first-order valence-corrected chi connectivity index (χ1v) is 8.05. The number of aliphatic hydroxyl groups is 1. The van der Waals surface area contributed by atoms with Gasteiger partial charge >= 0.3 is 0 Å². The molecule has 1 aromatic rings. The van der Waals surface area contributed by atoms with Crippen molar-refractivity contribution < 1.29 is 13.5 Å². The molecule has 1 aliphatic carbocycles. The molecule has 104 valence electrons. The van der Waals surface area contributed by atoms with Crippen molar-refractivity contribution in [1.29, 1.82) is 0 Å². The second kappa shape index (κ2) is 4.47. The standard InChI is InChI=1S/C13H18N2O3S/c14-19(17,18)11-4-2-10(3-5-11)15-7-9-1-6-13(16)12(9)8-15/h2-5,9,12-13,16H,1,6-8H2,(H2,14,17,18). The van der Waals surface area contributed by atoms with Crippen LogP contribution in [-0.2, 0) is 10.0 Å². The first kappa shape index (κ1) is 12.9. The molecular weight excluding hydrogens is 264 g/mol. The zero-order valence-corrected chi connectivity index (χ0v) is 11.4. The van der Waals surface area contributed by atoms with E-state index in [4.69, 9.17) is 5.14 Å². The number of nitrogens with zero attached hydrogens (tertiary/aromatic N) is 1. The Labute approximate surface area is 113 Å². The van der Waals surface area contributed by atoms with E-state index in [0.29, 0.717) is 11.8 Å². The van der Waals surface area contributed by atoms with Gasteiger partial charge in [0, 0.05) is 24.7 Å². The van der Waals surface area contributed by atoms with Gasteiger partial charge in [-0.1, -0.05) is 0 Å². The maximum atomic E-state index is 11.2. The predicted octanol–water partition coefficient (Wildman–Crippen LogP) is 0.541. The summed E-state index contributed by atoms with van der Waals surface area (Å²) in [6.45, 7) is 1.79. The molecule has 1 aliphatic heterocycles. The first-order chi connectivity index (χ1) is 8.95. The van der Waals surface area contributed by atoms with Crippen molar-refractivity contribution in [2.75, 3.05) is 18.0 Å². The molecule has 1 saturated carbocycles. The molecule has 3 rings (SSSR count). The van der Waals surface area contributed by atoms with Gasteiger partial charge in [-0.3, -0.25) is 0 Å². The second-order valence-electron chi connectivity index (χ2n) is 5.51. The number of benzene rings is 1. The van der Waals surface area contributed by atoms with Crippen molar-refractivity contribution in [2.45, 2.75) is 23.8 Å². The van der Waals surface area contributed by atoms with Gasteiger partial charge in [-0.05, 0) is 43.0 Å². The largest absolute Gasteiger partial charge is 0.393 e. The molecule has 0 spiro atoms. The minimum Gasteiger partial charge on any atom is -0.393 e. The zero-order chi connectivity index (χ0) is 13.6. The average molecular weight is 282 g/mol. The molecule has 1 aromatic carbocycles. The van der Waals surface area contributed by atoms with Gasteiger partial charge in [-0.25, -0.2) is 13.6 Å². The van der Waals surface area contributed by atoms with Gasteiger partial charge in [0.25, 0.3) is 0 Å². The second-order valence-corrected chi connectivity index (χ2v) is 7.07. The van der Waals surface area contributed by atoms with Crippen molar-refractivity contribution >= 4 is 15.7 Å². The fourth-order valence-electron chi connectivity index (χ4n) is 3.29. The van der Waals surface area contributed by atoms with E-state index in [-0.39, 0.29) is 11.0 Å². The molecular formula is C13H18N2O3S. The number of anilines is 1. The van der Waals surface area contributed by atoms with Gasteiger partial charge in [-0.15, -0.1) is 0 Å². The lowest BCUT2D eigenvalue weighted by Gasteiger charge is -2.20. The number of sulfonamides is 1. The van der Waals surface area contributed by atoms with Crippen LogP contribution < -0.4 is 10.0 Å². The number of hydrogen-bond acceptors (Lipinski definition) is 4. The molecule has 19 heavy (non-hydrogen) atoms. The summed E-state index contributed by atoms with van der Waals surface area (Å²) in [6.07, 6.45) is 1.81. The Morgan fingerprint density at radius 1 is 1.16 bits per heavy atom. The van der Waals surface area contributed by atoms with Gasteiger partial charge in [0.05, 0.1) is 11.0 Å². The summed E-state index contributed by atoms with van der Waals surface area (Å²) in [5.41, 5.74) is 0.994. The van der Waals surface area contributed by atoms with Crippen molar-refractivity contribution in [3.05, 3.63) is 24.3 Å². The topological polar surface area (TPSA) is 83.6 Å². The molecule has 0 amide bonds. The molecule has 1 saturated heterocycles. The summed E-state index contributed by atoms with van der Waals surface area (Å²) in [5, 5.41) is 15.0. The molecule has 6 heteroatoms. The van der Waals surface area contributed by atoms with Crippen molar-refractivity contribution in [3.8, 4) is 0 Å². The van der Waals surface area contributed by atoms with E-state index >= 15 is 0 Å². The Bertz CT molecular complexity index is 570. The summed E-state index contributed by atoms with van der Waals surface area (Å²) in [6, 6.07) is 6.64. The van der Waals surface area contributed by atoms with Gasteiger partial charge in [0.15, 0.2) is 0 Å². The van der Waals surface area contributed by atoms with Gasteiger partial charge in [0.1, 0.15) is 0 Å². The summed E-state index contributed by atoms with van der Waals surface area (Å²) >= 11 is 0. The van der Waals surface area contributed by atoms with Gasteiger partial charge in [-0.2, -0.15) is 0 Å². The summed E-state index contributed by atoms with van der Waals surface area (Å²) in [5.74, 6) is 0.922. The Hall–Kier alpha value is -1.11. The van der Waals surface area contributed by atoms with Crippen molar-refractivity contribution in [3.63, 3.8) is 0 Å². The minimum atomic E-state index is -3.63. The zero-order valence-electron chi connectivity index (χ0n) is 10.6. The van der Waals surface area contributed by atoms with Crippen LogP contribution in [0.2, 0.25) is 0 Å². The van der Waals surface area contributed by atoms with Gasteiger partial charge < -0.3 is 10.0 Å². The number of rotatable bonds is 2. The molecule has 0 aromatic heterocycles. The summed E-state index contributed by atoms with van der Waals surface area (Å²) in [7, 11) is -3.63. The maximum absolute atomic E-state index is 11.2. The third kappa shape index (κ3) is 2.35. The lowest BCUT2D eigenvalue weighted by molar-refractivity contribution is 0.133. The molecule has 3 atom stereocenters. The minimum absolute atomic E-state index is 0.135. The molecule has 2 aliphatic rings. The molecule has 0 bridgehead atoms. The van der Waals surface area contributed by atoms with E-state index in [2.05, 4.69) is 4.90 Å². The highest BCUT2D eigenvalue weighted by molar-refractivity contribution is 7.89. The maximum Gasteiger partial charge on any atom is 0.238 e. The van der Waals surface area contributed by atoms with Crippen LogP contribution in [0.1, 0.15) is 12.8 Å². The Balaban J connectivity index is 1.78. The number of primary sulfonamides is 1. The number of aliphatic hydroxyl groups excluding tert-OH is 1. The third-order valence-corrected chi connectivity index (χ3v) is 5.28. The molecule has 3 unspecified atom stereocenters. The van der Waals surface area contributed by atoms with Crippen LogP contribution in [0, 0.1) is 11.8 Å². The molecule has 1 heterocycles. The van der Waals surface area contributed by atoms with E-state index in [1.807, 2.05) is 0 Å². The highest BCUT2D eigenvalue weighted by Crippen LogP contribution is 2.39. The fourth-order valence-corrected chi connectivity index (χ4v) is 3.81. The average Bonchev–Trinajstić information content (AvgIpc) is 2.91. The molecule has 3 N–H and O–H groups in total. The predicted molar refractivity (Wildman–Crippen MR) is 72.2 cm³/mol. The van der Waals surface area contributed by atoms with Crippen LogP contribution in [0.4, 0.5) is 5.69 Å². The van der Waals surface area contributed by atoms with Crippen LogP contribution in [0.5, 0.6) is 0 Å². The normalized spacial score (nSPS) is 30.6. The summed E-state index contributed by atoms with van der Waals surface area (Å²) < 4.78 is 22.4.